The molecule has 150 valence electrons. The summed E-state index contributed by atoms with van der Waals surface area (Å²) in [5.41, 5.74) is 6.11. The molecule has 1 saturated heterocycles. The molecule has 1 aliphatic heterocycles. The minimum atomic E-state index is -2.87. The summed E-state index contributed by atoms with van der Waals surface area (Å²) in [6.07, 6.45) is 0.631. The number of hydrogen-bond acceptors (Lipinski definition) is 5. The van der Waals surface area contributed by atoms with Crippen molar-refractivity contribution in [3.05, 3.63) is 24.3 Å². The van der Waals surface area contributed by atoms with E-state index in [2.05, 4.69) is 10.1 Å². The van der Waals surface area contributed by atoms with E-state index < -0.39 is 6.61 Å². The lowest BCUT2D eigenvalue weighted by molar-refractivity contribution is -0.123. The molecule has 2 atom stereocenters. The fourth-order valence-corrected chi connectivity index (χ4v) is 2.77. The number of halogens is 4. The third kappa shape index (κ3) is 7.11. The predicted molar refractivity (Wildman–Crippen MR) is 101 cm³/mol. The number of carbonyl (C=O) groups is 1. The van der Waals surface area contributed by atoms with Crippen molar-refractivity contribution in [2.24, 2.45) is 5.73 Å². The first-order chi connectivity index (χ1) is 11.5. The van der Waals surface area contributed by atoms with Crippen LogP contribution in [0.15, 0.2) is 24.3 Å². The van der Waals surface area contributed by atoms with Crippen molar-refractivity contribution >= 4 is 36.4 Å². The monoisotopic (exact) mass is 415 g/mol. The van der Waals surface area contributed by atoms with E-state index in [1.165, 1.54) is 13.2 Å². The second-order valence-corrected chi connectivity index (χ2v) is 5.64. The lowest BCUT2D eigenvalue weighted by Gasteiger charge is -2.22. The molecule has 0 aliphatic carbocycles. The summed E-state index contributed by atoms with van der Waals surface area (Å²) in [4.78, 5) is 13.9. The van der Waals surface area contributed by atoms with Crippen molar-refractivity contribution in [3.63, 3.8) is 0 Å². The minimum Gasteiger partial charge on any atom is -0.433 e. The van der Waals surface area contributed by atoms with Crippen LogP contribution in [0.25, 0.3) is 0 Å². The van der Waals surface area contributed by atoms with E-state index in [-0.39, 0.29) is 61.6 Å². The van der Waals surface area contributed by atoms with Gasteiger partial charge in [0.2, 0.25) is 5.91 Å². The van der Waals surface area contributed by atoms with Crippen LogP contribution in [0.2, 0.25) is 0 Å². The van der Waals surface area contributed by atoms with Crippen molar-refractivity contribution in [1.29, 1.82) is 0 Å². The minimum absolute atomic E-state index is 0. The molecule has 0 aromatic heterocycles. The molecule has 0 radical (unpaired) electrons. The van der Waals surface area contributed by atoms with Gasteiger partial charge in [-0.05, 0) is 18.6 Å². The zero-order valence-electron chi connectivity index (χ0n) is 14.4. The van der Waals surface area contributed by atoms with E-state index in [4.69, 9.17) is 10.5 Å². The highest BCUT2D eigenvalue weighted by Crippen LogP contribution is 2.31. The zero-order chi connectivity index (χ0) is 17.5. The van der Waals surface area contributed by atoms with Gasteiger partial charge in [0.25, 0.3) is 0 Å². The predicted octanol–water partition coefficient (Wildman–Crippen LogP) is 2.19. The zero-order valence-corrected chi connectivity index (χ0v) is 16.0. The number of nitrogens with two attached hydrogens (primary N) is 1. The van der Waals surface area contributed by atoms with Crippen molar-refractivity contribution < 1.29 is 23.0 Å². The molecule has 1 fully saturated rings. The maximum Gasteiger partial charge on any atom is 0.387 e. The van der Waals surface area contributed by atoms with Crippen LogP contribution >= 0.6 is 24.8 Å². The van der Waals surface area contributed by atoms with Gasteiger partial charge in [-0.15, -0.1) is 24.8 Å². The molecule has 0 spiro atoms. The van der Waals surface area contributed by atoms with Gasteiger partial charge < -0.3 is 25.4 Å². The Morgan fingerprint density at radius 2 is 2.08 bits per heavy atom. The number of alkyl halides is 2. The summed E-state index contributed by atoms with van der Waals surface area (Å²) >= 11 is 0. The average Bonchev–Trinajstić information content (AvgIpc) is 3.00. The number of rotatable bonds is 8. The molecule has 1 aliphatic rings. The number of hydrogen-bond donors (Lipinski definition) is 2. The molecule has 2 rings (SSSR count). The normalized spacial score (nSPS) is 17.3. The molecule has 0 bridgehead atoms. The number of benzene rings is 1. The van der Waals surface area contributed by atoms with E-state index in [9.17, 15) is 13.6 Å². The van der Waals surface area contributed by atoms with Crippen LogP contribution in [0, 0.1) is 0 Å². The quantitative estimate of drug-likeness (QED) is 0.680. The number of nitrogens with one attached hydrogen (secondary N) is 1. The van der Waals surface area contributed by atoms with Crippen molar-refractivity contribution in [1.82, 2.24) is 5.32 Å². The molecular formula is C16H25Cl2F2N3O3. The summed E-state index contributed by atoms with van der Waals surface area (Å²) in [5, 5.41) is 2.93. The molecular weight excluding hydrogens is 391 g/mol. The first kappa shape index (κ1) is 24.7. The van der Waals surface area contributed by atoms with Crippen LogP contribution in [-0.4, -0.2) is 51.4 Å². The highest BCUT2D eigenvalue weighted by atomic mass is 35.5. The fourth-order valence-electron chi connectivity index (χ4n) is 2.77. The van der Waals surface area contributed by atoms with Gasteiger partial charge in [-0.1, -0.05) is 12.1 Å². The smallest absolute Gasteiger partial charge is 0.387 e. The van der Waals surface area contributed by atoms with Gasteiger partial charge in [0.15, 0.2) is 0 Å². The van der Waals surface area contributed by atoms with Crippen molar-refractivity contribution in [3.8, 4) is 5.75 Å². The maximum atomic E-state index is 12.5. The number of anilines is 1. The highest BCUT2D eigenvalue weighted by Gasteiger charge is 2.27. The Labute approximate surface area is 164 Å². The van der Waals surface area contributed by atoms with Gasteiger partial charge in [-0.3, -0.25) is 4.79 Å². The highest BCUT2D eigenvalue weighted by molar-refractivity contribution is 5.85. The lowest BCUT2D eigenvalue weighted by atomic mass is 10.2. The molecule has 1 heterocycles. The van der Waals surface area contributed by atoms with Crippen molar-refractivity contribution in [2.45, 2.75) is 31.6 Å². The number of carbonyl (C=O) groups excluding carboxylic acids is 1. The molecule has 10 heteroatoms. The van der Waals surface area contributed by atoms with Gasteiger partial charge >= 0.3 is 6.61 Å². The average molecular weight is 416 g/mol. The Morgan fingerprint density at radius 1 is 1.38 bits per heavy atom. The summed E-state index contributed by atoms with van der Waals surface area (Å²) < 4.78 is 34.7. The summed E-state index contributed by atoms with van der Waals surface area (Å²) in [6.45, 7) is -1.40. The third-order valence-electron chi connectivity index (χ3n) is 3.98. The maximum absolute atomic E-state index is 12.5. The van der Waals surface area contributed by atoms with E-state index in [0.29, 0.717) is 18.8 Å². The van der Waals surface area contributed by atoms with Gasteiger partial charge in [0.05, 0.1) is 18.2 Å². The Bertz CT molecular complexity index is 551. The number of nitrogens with zero attached hydrogens (tertiary/aromatic N) is 1. The molecule has 2 unspecified atom stereocenters. The van der Waals surface area contributed by atoms with E-state index in [1.807, 2.05) is 4.90 Å². The fraction of sp³-hybridized carbons (Fsp3) is 0.562. The van der Waals surface area contributed by atoms with Crippen LogP contribution in [-0.2, 0) is 9.53 Å². The van der Waals surface area contributed by atoms with Gasteiger partial charge in [0.1, 0.15) is 5.75 Å². The molecule has 3 N–H and O–H groups in total. The SMILES string of the molecule is COC(CN)CC(=O)NC1CCN(c2ccccc2OC(F)F)C1.Cl.Cl. The van der Waals surface area contributed by atoms with Gasteiger partial charge in [-0.2, -0.15) is 8.78 Å². The summed E-state index contributed by atoms with van der Waals surface area (Å²) in [5.74, 6) is 0.0123. The Morgan fingerprint density at radius 3 is 2.69 bits per heavy atom. The van der Waals surface area contributed by atoms with Crippen LogP contribution in [0.4, 0.5) is 14.5 Å². The number of ether oxygens (including phenoxy) is 2. The molecule has 1 amide bonds. The first-order valence-electron chi connectivity index (χ1n) is 7.84. The second kappa shape index (κ2) is 12.1. The van der Waals surface area contributed by atoms with Gasteiger partial charge in [0, 0.05) is 32.8 Å². The third-order valence-corrected chi connectivity index (χ3v) is 3.98. The number of amides is 1. The van der Waals surface area contributed by atoms with E-state index in [1.54, 1.807) is 18.2 Å². The summed E-state index contributed by atoms with van der Waals surface area (Å²) in [7, 11) is 1.52. The van der Waals surface area contributed by atoms with Crippen molar-refractivity contribution in [2.75, 3.05) is 31.6 Å². The Hall–Kier alpha value is -1.35. The molecule has 1 aromatic carbocycles. The van der Waals surface area contributed by atoms with Crippen LogP contribution < -0.4 is 20.7 Å². The van der Waals surface area contributed by atoms with Gasteiger partial charge in [-0.25, -0.2) is 0 Å². The van der Waals surface area contributed by atoms with Crippen LogP contribution in [0.3, 0.4) is 0 Å². The molecule has 1 aromatic rings. The first-order valence-corrected chi connectivity index (χ1v) is 7.84. The second-order valence-electron chi connectivity index (χ2n) is 5.64. The Kier molecular flexibility index (Phi) is 11.5. The van der Waals surface area contributed by atoms with Crippen LogP contribution in [0.5, 0.6) is 5.75 Å². The van der Waals surface area contributed by atoms with E-state index >= 15 is 0 Å². The molecule has 6 nitrogen and oxygen atoms in total. The number of methoxy groups -OCH3 is 1. The van der Waals surface area contributed by atoms with Crippen LogP contribution in [0.1, 0.15) is 12.8 Å². The lowest BCUT2D eigenvalue weighted by Crippen LogP contribution is -2.40. The largest absolute Gasteiger partial charge is 0.433 e. The number of para-hydroxylation sites is 2. The van der Waals surface area contributed by atoms with E-state index in [0.717, 1.165) is 6.42 Å². The standard InChI is InChI=1S/C16H23F2N3O3.2ClH/c1-23-12(9-19)8-15(22)20-11-6-7-21(10-11)13-4-2-3-5-14(13)24-16(17)18;;/h2-5,11-12,16H,6-10,19H2,1H3,(H,20,22);2*1H. The summed E-state index contributed by atoms with van der Waals surface area (Å²) in [6, 6.07) is 6.61. The Balaban J connectivity index is 0.00000312. The molecule has 0 saturated carbocycles. The topological polar surface area (TPSA) is 76.8 Å². The molecule has 26 heavy (non-hydrogen) atoms.